The zero-order valence-corrected chi connectivity index (χ0v) is 17.5. The van der Waals surface area contributed by atoms with E-state index >= 15 is 0 Å². The Balaban J connectivity index is 1.39. The summed E-state index contributed by atoms with van der Waals surface area (Å²) in [6, 6.07) is 2.23. The number of hydrogen-bond acceptors (Lipinski definition) is 5. The van der Waals surface area contributed by atoms with Crippen LogP contribution in [0.4, 0.5) is 0 Å². The fraction of sp³-hybridized carbons (Fsp3) is 0.409. The van der Waals surface area contributed by atoms with Crippen LogP contribution in [0.2, 0.25) is 0 Å². The Kier molecular flexibility index (Phi) is 5.48. The highest BCUT2D eigenvalue weighted by molar-refractivity contribution is 5.95. The molecule has 1 aliphatic carbocycles. The highest BCUT2D eigenvalue weighted by Gasteiger charge is 2.26. The predicted molar refractivity (Wildman–Crippen MR) is 113 cm³/mol. The maximum atomic E-state index is 12.8. The summed E-state index contributed by atoms with van der Waals surface area (Å²) < 4.78 is 3.51. The van der Waals surface area contributed by atoms with Crippen molar-refractivity contribution in [1.29, 1.82) is 0 Å². The molecule has 0 saturated heterocycles. The molecular weight excluding hydrogens is 380 g/mol. The molecule has 0 atom stereocenters. The molecule has 1 saturated carbocycles. The van der Waals surface area contributed by atoms with E-state index in [9.17, 15) is 9.59 Å². The molecule has 3 heterocycles. The van der Waals surface area contributed by atoms with Gasteiger partial charge in [-0.25, -0.2) is 0 Å². The van der Waals surface area contributed by atoms with Gasteiger partial charge in [0.05, 0.1) is 24.1 Å². The second-order valence-electron chi connectivity index (χ2n) is 7.99. The van der Waals surface area contributed by atoms with E-state index < -0.39 is 0 Å². The van der Waals surface area contributed by atoms with Crippen molar-refractivity contribution in [3.63, 3.8) is 0 Å². The van der Waals surface area contributed by atoms with Crippen LogP contribution in [0.25, 0.3) is 11.3 Å². The van der Waals surface area contributed by atoms with E-state index in [1.165, 1.54) is 4.57 Å². The van der Waals surface area contributed by atoms with Gasteiger partial charge in [0.2, 0.25) is 0 Å². The van der Waals surface area contributed by atoms with E-state index in [2.05, 4.69) is 20.4 Å². The smallest absolute Gasteiger partial charge is 0.263 e. The third-order valence-corrected chi connectivity index (χ3v) is 5.96. The Labute approximate surface area is 175 Å². The van der Waals surface area contributed by atoms with Crippen LogP contribution in [0.3, 0.4) is 0 Å². The van der Waals surface area contributed by atoms with Crippen molar-refractivity contribution in [3.8, 4) is 11.3 Å². The molecule has 1 N–H and O–H groups in total. The Hall–Kier alpha value is -3.29. The number of amides is 1. The van der Waals surface area contributed by atoms with Crippen molar-refractivity contribution in [2.24, 2.45) is 7.05 Å². The molecule has 0 unspecified atom stereocenters. The van der Waals surface area contributed by atoms with Crippen LogP contribution in [-0.4, -0.2) is 36.3 Å². The van der Waals surface area contributed by atoms with Crippen molar-refractivity contribution >= 4 is 5.91 Å². The molecule has 4 rings (SSSR count). The van der Waals surface area contributed by atoms with Gasteiger partial charge in [-0.1, -0.05) is 0 Å². The molecule has 1 fully saturated rings. The third kappa shape index (κ3) is 3.90. The number of pyridine rings is 1. The molecule has 1 amide bonds. The average Bonchev–Trinajstić information content (AvgIpc) is 3.23. The first-order valence-electron chi connectivity index (χ1n) is 10.2. The molecule has 3 aromatic heterocycles. The summed E-state index contributed by atoms with van der Waals surface area (Å²) in [6.45, 7) is 3.68. The number of rotatable bonds is 4. The van der Waals surface area contributed by atoms with Crippen LogP contribution in [0.15, 0.2) is 41.8 Å². The van der Waals surface area contributed by atoms with Gasteiger partial charge in [-0.3, -0.25) is 24.2 Å². The number of carbonyl (C=O) groups is 1. The average molecular weight is 406 g/mol. The van der Waals surface area contributed by atoms with Gasteiger partial charge >= 0.3 is 0 Å². The van der Waals surface area contributed by atoms with Gasteiger partial charge in [0, 0.05) is 42.9 Å². The summed E-state index contributed by atoms with van der Waals surface area (Å²) >= 11 is 0. The minimum atomic E-state index is -0.277. The fourth-order valence-electron chi connectivity index (χ4n) is 4.12. The summed E-state index contributed by atoms with van der Waals surface area (Å²) in [5.74, 6) is -0.277. The van der Waals surface area contributed by atoms with Gasteiger partial charge in [0.1, 0.15) is 5.56 Å². The Bertz CT molecular complexity index is 1110. The van der Waals surface area contributed by atoms with E-state index in [4.69, 9.17) is 0 Å². The quantitative estimate of drug-likeness (QED) is 0.719. The highest BCUT2D eigenvalue weighted by Crippen LogP contribution is 2.29. The van der Waals surface area contributed by atoms with E-state index in [1.54, 1.807) is 25.6 Å². The molecule has 0 radical (unpaired) electrons. The predicted octanol–water partition coefficient (Wildman–Crippen LogP) is 2.57. The van der Waals surface area contributed by atoms with E-state index in [-0.39, 0.29) is 29.1 Å². The maximum absolute atomic E-state index is 12.8. The lowest BCUT2D eigenvalue weighted by Gasteiger charge is -2.29. The van der Waals surface area contributed by atoms with E-state index in [0.717, 1.165) is 48.2 Å². The molecule has 0 bridgehead atoms. The first kappa shape index (κ1) is 20.0. The van der Waals surface area contributed by atoms with E-state index in [0.29, 0.717) is 0 Å². The molecule has 156 valence electrons. The summed E-state index contributed by atoms with van der Waals surface area (Å²) in [5.41, 5.74) is 3.31. The van der Waals surface area contributed by atoms with Crippen molar-refractivity contribution in [3.05, 3.63) is 64.2 Å². The SMILES string of the molecule is Cc1cc(C)n(C)c(=O)c1C(=O)NC1CCC(n2cc(-c3cnccn3)cn2)CC1. The van der Waals surface area contributed by atoms with Gasteiger partial charge in [-0.2, -0.15) is 5.10 Å². The van der Waals surface area contributed by atoms with Crippen LogP contribution in [0, 0.1) is 13.8 Å². The Morgan fingerprint density at radius 3 is 2.60 bits per heavy atom. The summed E-state index contributed by atoms with van der Waals surface area (Å²) in [6.07, 6.45) is 12.4. The van der Waals surface area contributed by atoms with Gasteiger partial charge in [-0.15, -0.1) is 0 Å². The lowest BCUT2D eigenvalue weighted by Crippen LogP contribution is -2.41. The lowest BCUT2D eigenvalue weighted by atomic mass is 9.91. The minimum Gasteiger partial charge on any atom is -0.349 e. The molecule has 0 aromatic carbocycles. The summed E-state index contributed by atoms with van der Waals surface area (Å²) in [7, 11) is 1.69. The number of carbonyl (C=O) groups excluding carboxylic acids is 1. The normalized spacial score (nSPS) is 18.9. The highest BCUT2D eigenvalue weighted by atomic mass is 16.2. The van der Waals surface area contributed by atoms with Gasteiger partial charge in [0.15, 0.2) is 0 Å². The molecule has 8 heteroatoms. The molecule has 8 nitrogen and oxygen atoms in total. The van der Waals surface area contributed by atoms with Crippen LogP contribution in [0.1, 0.15) is 53.3 Å². The number of hydrogen-bond donors (Lipinski definition) is 1. The Morgan fingerprint density at radius 2 is 1.90 bits per heavy atom. The Morgan fingerprint density at radius 1 is 1.13 bits per heavy atom. The van der Waals surface area contributed by atoms with Crippen molar-refractivity contribution in [1.82, 2.24) is 29.6 Å². The maximum Gasteiger partial charge on any atom is 0.263 e. The zero-order valence-electron chi connectivity index (χ0n) is 17.5. The first-order chi connectivity index (χ1) is 14.4. The van der Waals surface area contributed by atoms with Crippen molar-refractivity contribution < 1.29 is 4.79 Å². The molecule has 3 aromatic rings. The van der Waals surface area contributed by atoms with Crippen LogP contribution >= 0.6 is 0 Å². The monoisotopic (exact) mass is 406 g/mol. The van der Waals surface area contributed by atoms with Crippen LogP contribution < -0.4 is 10.9 Å². The summed E-state index contributed by atoms with van der Waals surface area (Å²) in [5, 5.41) is 7.57. The summed E-state index contributed by atoms with van der Waals surface area (Å²) in [4.78, 5) is 33.7. The second-order valence-corrected chi connectivity index (χ2v) is 7.99. The number of aryl methyl sites for hydroxylation is 2. The fourth-order valence-corrected chi connectivity index (χ4v) is 4.12. The second kappa shape index (κ2) is 8.22. The van der Waals surface area contributed by atoms with Crippen LogP contribution in [-0.2, 0) is 7.05 Å². The molecule has 0 aliphatic heterocycles. The number of nitrogens with one attached hydrogen (secondary N) is 1. The molecule has 30 heavy (non-hydrogen) atoms. The standard InChI is InChI=1S/C22H26N6O2/c1-14-10-15(2)27(3)22(30)20(14)21(29)26-17-4-6-18(7-5-17)28-13-16(11-25-28)19-12-23-8-9-24-19/h8-13,17-18H,4-7H2,1-3H3,(H,26,29). The lowest BCUT2D eigenvalue weighted by molar-refractivity contribution is 0.0919. The first-order valence-corrected chi connectivity index (χ1v) is 10.2. The topological polar surface area (TPSA) is 94.7 Å². The van der Waals surface area contributed by atoms with Crippen LogP contribution in [0.5, 0.6) is 0 Å². The van der Waals surface area contributed by atoms with Crippen molar-refractivity contribution in [2.75, 3.05) is 0 Å². The number of aromatic nitrogens is 5. The van der Waals surface area contributed by atoms with Gasteiger partial charge in [0.25, 0.3) is 11.5 Å². The molecule has 1 aliphatic rings. The van der Waals surface area contributed by atoms with E-state index in [1.807, 2.05) is 37.0 Å². The van der Waals surface area contributed by atoms with Crippen molar-refractivity contribution in [2.45, 2.75) is 51.6 Å². The van der Waals surface area contributed by atoms with Gasteiger partial charge < -0.3 is 9.88 Å². The number of nitrogens with zero attached hydrogens (tertiary/aromatic N) is 5. The molecule has 0 spiro atoms. The third-order valence-electron chi connectivity index (χ3n) is 5.96. The molecular formula is C22H26N6O2. The largest absolute Gasteiger partial charge is 0.349 e. The zero-order chi connectivity index (χ0) is 21.3. The van der Waals surface area contributed by atoms with Gasteiger partial charge in [-0.05, 0) is 51.2 Å². The minimum absolute atomic E-state index is 0.0641.